The normalized spacial score (nSPS) is 10.1. The van der Waals surface area contributed by atoms with E-state index in [2.05, 4.69) is 15.6 Å². The Morgan fingerprint density at radius 1 is 1.00 bits per heavy atom. The maximum atomic E-state index is 12.0. The molecule has 2 aromatic carbocycles. The van der Waals surface area contributed by atoms with Gasteiger partial charge in [0.1, 0.15) is 5.75 Å². The molecule has 7 nitrogen and oxygen atoms in total. The molecule has 0 aliphatic carbocycles. The summed E-state index contributed by atoms with van der Waals surface area (Å²) in [6.07, 6.45) is 0.672. The van der Waals surface area contributed by atoms with Gasteiger partial charge in [0.2, 0.25) is 5.91 Å². The zero-order chi connectivity index (χ0) is 20.5. The first-order valence-corrected chi connectivity index (χ1v) is 8.95. The first kappa shape index (κ1) is 21.2. The highest BCUT2D eigenvalue weighted by Crippen LogP contribution is 2.21. The molecule has 28 heavy (non-hydrogen) atoms. The second-order valence-corrected chi connectivity index (χ2v) is 6.37. The van der Waals surface area contributed by atoms with Crippen LogP contribution >= 0.6 is 11.6 Å². The Labute approximate surface area is 167 Å². The van der Waals surface area contributed by atoms with E-state index >= 15 is 0 Å². The first-order chi connectivity index (χ1) is 13.4. The molecule has 8 heteroatoms. The second kappa shape index (κ2) is 10.3. The highest BCUT2D eigenvalue weighted by Gasteiger charge is 2.10. The minimum absolute atomic E-state index is 0.189. The summed E-state index contributed by atoms with van der Waals surface area (Å²) in [5.74, 6) is -0.599. The molecule has 2 N–H and O–H groups in total. The maximum absolute atomic E-state index is 12.0. The summed E-state index contributed by atoms with van der Waals surface area (Å²) in [6, 6.07) is 11.2. The van der Waals surface area contributed by atoms with Crippen LogP contribution in [0.4, 0.5) is 0 Å². The Hall–Kier alpha value is -3.06. The van der Waals surface area contributed by atoms with Gasteiger partial charge in [-0.25, -0.2) is 4.79 Å². The summed E-state index contributed by atoms with van der Waals surface area (Å²) in [6.45, 7) is 2.25. The molecule has 0 heterocycles. The number of rotatable bonds is 7. The van der Waals surface area contributed by atoms with Crippen LogP contribution in [0, 0.1) is 6.92 Å². The lowest BCUT2D eigenvalue weighted by Crippen LogP contribution is -2.41. The molecule has 0 spiro atoms. The number of nitrogens with one attached hydrogen (secondary N) is 2. The molecule has 148 valence electrons. The molecule has 0 bridgehead atoms. The summed E-state index contributed by atoms with van der Waals surface area (Å²) >= 11 is 5.89. The molecule has 2 amide bonds. The summed E-state index contributed by atoms with van der Waals surface area (Å²) in [4.78, 5) is 35.2. The molecule has 0 saturated heterocycles. The van der Waals surface area contributed by atoms with Crippen molar-refractivity contribution in [3.05, 3.63) is 64.2 Å². The summed E-state index contributed by atoms with van der Waals surface area (Å²) in [5.41, 5.74) is 6.22. The largest absolute Gasteiger partial charge is 0.493 e. The van der Waals surface area contributed by atoms with E-state index in [1.807, 2.05) is 6.92 Å². The van der Waals surface area contributed by atoms with Gasteiger partial charge in [-0.1, -0.05) is 11.6 Å². The van der Waals surface area contributed by atoms with Gasteiger partial charge >= 0.3 is 5.97 Å². The zero-order valence-corrected chi connectivity index (χ0v) is 16.3. The molecule has 0 radical (unpaired) electrons. The minimum atomic E-state index is -0.490. The van der Waals surface area contributed by atoms with E-state index in [9.17, 15) is 14.4 Å². The molecule has 0 aliphatic rings. The average Bonchev–Trinajstić information content (AvgIpc) is 2.70. The van der Waals surface area contributed by atoms with Crippen LogP contribution < -0.4 is 15.6 Å². The van der Waals surface area contributed by atoms with Gasteiger partial charge in [-0.15, -0.1) is 0 Å². The van der Waals surface area contributed by atoms with Crippen molar-refractivity contribution in [2.24, 2.45) is 0 Å². The number of methoxy groups -OCH3 is 1. The van der Waals surface area contributed by atoms with Crippen molar-refractivity contribution in [3.63, 3.8) is 0 Å². The van der Waals surface area contributed by atoms with Crippen LogP contribution in [0.2, 0.25) is 5.02 Å². The van der Waals surface area contributed by atoms with Crippen molar-refractivity contribution < 1.29 is 23.9 Å². The van der Waals surface area contributed by atoms with E-state index in [0.29, 0.717) is 34.9 Å². The quantitative estimate of drug-likeness (QED) is 0.420. The molecular formula is C20H21ClN2O5. The van der Waals surface area contributed by atoms with Crippen LogP contribution in [0.3, 0.4) is 0 Å². The van der Waals surface area contributed by atoms with Gasteiger partial charge in [-0.2, -0.15) is 0 Å². The first-order valence-electron chi connectivity index (χ1n) is 8.57. The van der Waals surface area contributed by atoms with E-state index in [1.54, 1.807) is 18.2 Å². The van der Waals surface area contributed by atoms with E-state index in [4.69, 9.17) is 16.3 Å². The summed E-state index contributed by atoms with van der Waals surface area (Å²) in [5, 5.41) is 0.639. The van der Waals surface area contributed by atoms with Gasteiger partial charge in [-0.05, 0) is 61.4 Å². The van der Waals surface area contributed by atoms with Gasteiger partial charge < -0.3 is 9.47 Å². The van der Waals surface area contributed by atoms with Crippen LogP contribution in [0.15, 0.2) is 42.5 Å². The number of amides is 2. The summed E-state index contributed by atoms with van der Waals surface area (Å²) < 4.78 is 10.2. The predicted octanol–water partition coefficient (Wildman–Crippen LogP) is 3.06. The van der Waals surface area contributed by atoms with Crippen molar-refractivity contribution in [2.45, 2.75) is 19.8 Å². The third-order valence-electron chi connectivity index (χ3n) is 3.83. The number of carbonyl (C=O) groups is 3. The Balaban J connectivity index is 1.70. The lowest BCUT2D eigenvalue weighted by Gasteiger charge is -2.10. The van der Waals surface area contributed by atoms with Crippen molar-refractivity contribution in [1.82, 2.24) is 10.9 Å². The molecule has 2 aromatic rings. The number of ether oxygens (including phenoxy) is 2. The van der Waals surface area contributed by atoms with E-state index in [-0.39, 0.29) is 12.3 Å². The smallest absolute Gasteiger partial charge is 0.337 e. The molecular weight excluding hydrogens is 384 g/mol. The minimum Gasteiger partial charge on any atom is -0.493 e. The van der Waals surface area contributed by atoms with Gasteiger partial charge in [0, 0.05) is 17.0 Å². The highest BCUT2D eigenvalue weighted by atomic mass is 35.5. The molecule has 0 atom stereocenters. The maximum Gasteiger partial charge on any atom is 0.337 e. The summed E-state index contributed by atoms with van der Waals surface area (Å²) in [7, 11) is 1.28. The fraction of sp³-hybridized carbons (Fsp3) is 0.250. The Kier molecular flexibility index (Phi) is 7.83. The van der Waals surface area contributed by atoms with Crippen molar-refractivity contribution >= 4 is 29.4 Å². The monoisotopic (exact) mass is 404 g/mol. The molecule has 0 fully saturated rings. The lowest BCUT2D eigenvalue weighted by atomic mass is 10.1. The Morgan fingerprint density at radius 2 is 1.68 bits per heavy atom. The number of benzene rings is 2. The van der Waals surface area contributed by atoms with E-state index < -0.39 is 11.9 Å². The van der Waals surface area contributed by atoms with Crippen LogP contribution in [0.1, 0.15) is 39.1 Å². The van der Waals surface area contributed by atoms with Crippen molar-refractivity contribution in [3.8, 4) is 5.75 Å². The number of aryl methyl sites for hydroxylation is 1. The van der Waals surface area contributed by atoms with Crippen LogP contribution in [-0.4, -0.2) is 31.5 Å². The third-order valence-corrected chi connectivity index (χ3v) is 4.06. The van der Waals surface area contributed by atoms with Gasteiger partial charge in [0.15, 0.2) is 0 Å². The molecule has 0 aromatic heterocycles. The van der Waals surface area contributed by atoms with Crippen LogP contribution in [0.5, 0.6) is 5.75 Å². The van der Waals surface area contributed by atoms with E-state index in [0.717, 1.165) is 5.56 Å². The topological polar surface area (TPSA) is 93.7 Å². The Bertz CT molecular complexity index is 852. The molecule has 2 rings (SSSR count). The third kappa shape index (κ3) is 6.28. The SMILES string of the molecule is COC(=O)c1ccc(C(=O)NNC(=O)CCCOc2ccc(Cl)cc2C)cc1. The lowest BCUT2D eigenvalue weighted by molar-refractivity contribution is -0.122. The van der Waals surface area contributed by atoms with Crippen LogP contribution in [0.25, 0.3) is 0 Å². The second-order valence-electron chi connectivity index (χ2n) is 5.93. The number of hydrogen-bond acceptors (Lipinski definition) is 5. The van der Waals surface area contributed by atoms with E-state index in [1.165, 1.54) is 31.4 Å². The number of carbonyl (C=O) groups excluding carboxylic acids is 3. The fourth-order valence-corrected chi connectivity index (χ4v) is 2.55. The number of halogens is 1. The fourth-order valence-electron chi connectivity index (χ4n) is 2.33. The van der Waals surface area contributed by atoms with Crippen molar-refractivity contribution in [2.75, 3.05) is 13.7 Å². The van der Waals surface area contributed by atoms with Crippen LogP contribution in [-0.2, 0) is 9.53 Å². The highest BCUT2D eigenvalue weighted by molar-refractivity contribution is 6.30. The molecule has 0 saturated carbocycles. The average molecular weight is 405 g/mol. The van der Waals surface area contributed by atoms with Gasteiger partial charge in [0.05, 0.1) is 19.3 Å². The van der Waals surface area contributed by atoms with Gasteiger partial charge in [-0.3, -0.25) is 20.4 Å². The predicted molar refractivity (Wildman–Crippen MR) is 104 cm³/mol. The zero-order valence-electron chi connectivity index (χ0n) is 15.6. The standard InChI is InChI=1S/C20H21ClN2O5/c1-13-12-16(21)9-10-17(13)28-11-3-4-18(24)22-23-19(25)14-5-7-15(8-6-14)20(26)27-2/h5-10,12H,3-4,11H2,1-2H3,(H,22,24)(H,23,25). The number of hydrogen-bond donors (Lipinski definition) is 2. The Morgan fingerprint density at radius 3 is 2.32 bits per heavy atom. The van der Waals surface area contributed by atoms with Crippen molar-refractivity contribution in [1.29, 1.82) is 0 Å². The number of esters is 1. The van der Waals surface area contributed by atoms with Gasteiger partial charge in [0.25, 0.3) is 5.91 Å². The number of hydrazine groups is 1. The molecule has 0 aliphatic heterocycles. The molecule has 0 unspecified atom stereocenters.